The molecule has 1 aromatic heterocycles. The Morgan fingerprint density at radius 1 is 1.12 bits per heavy atom. The molecule has 84 valence electrons. The second-order valence-corrected chi connectivity index (χ2v) is 4.10. The van der Waals surface area contributed by atoms with E-state index in [-0.39, 0.29) is 0 Å². The molecule has 0 spiro atoms. The van der Waals surface area contributed by atoms with Gasteiger partial charge in [-0.05, 0) is 38.4 Å². The van der Waals surface area contributed by atoms with Crippen LogP contribution in [0.2, 0.25) is 0 Å². The lowest BCUT2D eigenvalue weighted by atomic mass is 10.3. The molecule has 0 saturated carbocycles. The highest BCUT2D eigenvalue weighted by molar-refractivity contribution is 5.47. The molecule has 3 nitrogen and oxygen atoms in total. The molecule has 2 rings (SSSR count). The smallest absolute Gasteiger partial charge is 0.139 e. The Labute approximate surface area is 95.6 Å². The van der Waals surface area contributed by atoms with Crippen LogP contribution in [-0.2, 0) is 6.54 Å². The van der Waals surface area contributed by atoms with Crippen molar-refractivity contribution in [2.24, 2.45) is 0 Å². The molecule has 0 unspecified atom stereocenters. The molecule has 0 amide bonds. The van der Waals surface area contributed by atoms with Crippen molar-refractivity contribution >= 4 is 0 Å². The number of benzene rings is 1. The van der Waals surface area contributed by atoms with Gasteiger partial charge in [0.1, 0.15) is 5.75 Å². The quantitative estimate of drug-likeness (QED) is 0.852. The number of aromatic hydroxyl groups is 1. The summed E-state index contributed by atoms with van der Waals surface area (Å²) in [4.78, 5) is 2.10. The summed E-state index contributed by atoms with van der Waals surface area (Å²) in [5, 5.41) is 9.81. The molecule has 0 fully saturated rings. The largest absolute Gasteiger partial charge is 0.506 e. The van der Waals surface area contributed by atoms with Crippen molar-refractivity contribution < 1.29 is 5.11 Å². The normalized spacial score (nSPS) is 10.9. The van der Waals surface area contributed by atoms with E-state index in [4.69, 9.17) is 0 Å². The van der Waals surface area contributed by atoms with Crippen LogP contribution in [0.5, 0.6) is 5.75 Å². The van der Waals surface area contributed by atoms with Gasteiger partial charge in [0.2, 0.25) is 0 Å². The fourth-order valence-corrected chi connectivity index (χ4v) is 1.77. The lowest BCUT2D eigenvalue weighted by Crippen LogP contribution is -2.13. The standard InChI is InChI=1S/C13H16N2O/c1-14(2)10-11-6-5-9-15(11)12-7-3-4-8-13(12)16/h3-9,16H,10H2,1-2H3. The average molecular weight is 216 g/mol. The second-order valence-electron chi connectivity index (χ2n) is 4.10. The van der Waals surface area contributed by atoms with Gasteiger partial charge in [-0.25, -0.2) is 0 Å². The van der Waals surface area contributed by atoms with Crippen LogP contribution >= 0.6 is 0 Å². The van der Waals surface area contributed by atoms with E-state index >= 15 is 0 Å². The summed E-state index contributed by atoms with van der Waals surface area (Å²) in [7, 11) is 4.06. The van der Waals surface area contributed by atoms with Crippen molar-refractivity contribution in [3.63, 3.8) is 0 Å². The molecular weight excluding hydrogens is 200 g/mol. The van der Waals surface area contributed by atoms with Crippen LogP contribution in [0.4, 0.5) is 0 Å². The van der Waals surface area contributed by atoms with Gasteiger partial charge in [0.25, 0.3) is 0 Å². The number of hydrogen-bond acceptors (Lipinski definition) is 2. The number of nitrogens with zero attached hydrogens (tertiary/aromatic N) is 2. The Morgan fingerprint density at radius 2 is 1.88 bits per heavy atom. The highest BCUT2D eigenvalue weighted by Gasteiger charge is 2.07. The zero-order valence-corrected chi connectivity index (χ0v) is 9.59. The highest BCUT2D eigenvalue weighted by Crippen LogP contribution is 2.22. The zero-order valence-electron chi connectivity index (χ0n) is 9.59. The molecule has 0 radical (unpaired) electrons. The van der Waals surface area contributed by atoms with Gasteiger partial charge in [0.05, 0.1) is 5.69 Å². The average Bonchev–Trinajstić information content (AvgIpc) is 2.66. The van der Waals surface area contributed by atoms with Crippen LogP contribution in [0, 0.1) is 0 Å². The van der Waals surface area contributed by atoms with Gasteiger partial charge in [-0.2, -0.15) is 0 Å². The Morgan fingerprint density at radius 3 is 2.56 bits per heavy atom. The molecule has 1 heterocycles. The van der Waals surface area contributed by atoms with Gasteiger partial charge in [0.15, 0.2) is 0 Å². The van der Waals surface area contributed by atoms with Crippen LogP contribution in [-0.4, -0.2) is 28.7 Å². The first-order valence-electron chi connectivity index (χ1n) is 5.28. The molecule has 0 saturated heterocycles. The number of hydrogen-bond donors (Lipinski definition) is 1. The van der Waals surface area contributed by atoms with Gasteiger partial charge in [0, 0.05) is 18.4 Å². The molecule has 3 heteroatoms. The maximum Gasteiger partial charge on any atom is 0.139 e. The Hall–Kier alpha value is -1.74. The van der Waals surface area contributed by atoms with Gasteiger partial charge in [-0.3, -0.25) is 0 Å². The minimum absolute atomic E-state index is 0.304. The predicted molar refractivity (Wildman–Crippen MR) is 64.8 cm³/mol. The lowest BCUT2D eigenvalue weighted by molar-refractivity contribution is 0.393. The highest BCUT2D eigenvalue weighted by atomic mass is 16.3. The maximum atomic E-state index is 9.81. The molecule has 1 aromatic carbocycles. The summed E-state index contributed by atoms with van der Waals surface area (Å²) in [6, 6.07) is 11.4. The fourth-order valence-electron chi connectivity index (χ4n) is 1.77. The fraction of sp³-hybridized carbons (Fsp3) is 0.231. The van der Waals surface area contributed by atoms with E-state index in [1.54, 1.807) is 6.07 Å². The molecule has 0 aliphatic heterocycles. The minimum atomic E-state index is 0.304. The number of rotatable bonds is 3. The summed E-state index contributed by atoms with van der Waals surface area (Å²) in [5.41, 5.74) is 1.98. The molecule has 0 atom stereocenters. The second kappa shape index (κ2) is 4.41. The summed E-state index contributed by atoms with van der Waals surface area (Å²) >= 11 is 0. The summed E-state index contributed by atoms with van der Waals surface area (Å²) < 4.78 is 2.01. The first-order chi connectivity index (χ1) is 7.68. The predicted octanol–water partition coefficient (Wildman–Crippen LogP) is 2.24. The SMILES string of the molecule is CN(C)Cc1cccn1-c1ccccc1O. The number of aromatic nitrogens is 1. The van der Waals surface area contributed by atoms with E-state index < -0.39 is 0 Å². The third-order valence-electron chi connectivity index (χ3n) is 2.45. The molecular formula is C13H16N2O. The van der Waals surface area contributed by atoms with Gasteiger partial charge in [-0.1, -0.05) is 12.1 Å². The lowest BCUT2D eigenvalue weighted by Gasteiger charge is -2.14. The van der Waals surface area contributed by atoms with Crippen LogP contribution in [0.1, 0.15) is 5.69 Å². The van der Waals surface area contributed by atoms with E-state index in [1.807, 2.05) is 49.1 Å². The third-order valence-corrected chi connectivity index (χ3v) is 2.45. The topological polar surface area (TPSA) is 28.4 Å². The number of phenols is 1. The van der Waals surface area contributed by atoms with E-state index in [0.29, 0.717) is 5.75 Å². The monoisotopic (exact) mass is 216 g/mol. The summed E-state index contributed by atoms with van der Waals surface area (Å²) in [6.45, 7) is 0.849. The van der Waals surface area contributed by atoms with E-state index in [9.17, 15) is 5.11 Å². The Bertz CT molecular complexity index is 474. The number of para-hydroxylation sites is 2. The first-order valence-corrected chi connectivity index (χ1v) is 5.28. The van der Waals surface area contributed by atoms with E-state index in [1.165, 1.54) is 0 Å². The van der Waals surface area contributed by atoms with Gasteiger partial charge >= 0.3 is 0 Å². The van der Waals surface area contributed by atoms with Crippen molar-refractivity contribution in [1.82, 2.24) is 9.47 Å². The minimum Gasteiger partial charge on any atom is -0.506 e. The van der Waals surface area contributed by atoms with Crippen LogP contribution in [0.15, 0.2) is 42.6 Å². The van der Waals surface area contributed by atoms with E-state index in [2.05, 4.69) is 11.0 Å². The Balaban J connectivity index is 2.41. The third kappa shape index (κ3) is 2.09. The molecule has 0 bridgehead atoms. The molecule has 2 aromatic rings. The number of phenolic OH excluding ortho intramolecular Hbond substituents is 1. The molecule has 16 heavy (non-hydrogen) atoms. The molecule has 1 N–H and O–H groups in total. The van der Waals surface area contributed by atoms with E-state index in [0.717, 1.165) is 17.9 Å². The van der Waals surface area contributed by atoms with Crippen LogP contribution in [0.3, 0.4) is 0 Å². The van der Waals surface area contributed by atoms with Crippen molar-refractivity contribution in [1.29, 1.82) is 0 Å². The van der Waals surface area contributed by atoms with Crippen LogP contribution in [0.25, 0.3) is 5.69 Å². The first kappa shape index (κ1) is 10.8. The summed E-state index contributed by atoms with van der Waals surface area (Å²) in [5.74, 6) is 0.304. The summed E-state index contributed by atoms with van der Waals surface area (Å²) in [6.07, 6.45) is 1.97. The molecule has 0 aliphatic carbocycles. The van der Waals surface area contributed by atoms with Crippen molar-refractivity contribution in [2.45, 2.75) is 6.54 Å². The van der Waals surface area contributed by atoms with Gasteiger partial charge in [-0.15, -0.1) is 0 Å². The van der Waals surface area contributed by atoms with Crippen molar-refractivity contribution in [3.8, 4) is 11.4 Å². The maximum absolute atomic E-state index is 9.81. The zero-order chi connectivity index (χ0) is 11.5. The van der Waals surface area contributed by atoms with Crippen molar-refractivity contribution in [2.75, 3.05) is 14.1 Å². The van der Waals surface area contributed by atoms with Crippen molar-refractivity contribution in [3.05, 3.63) is 48.3 Å². The van der Waals surface area contributed by atoms with Crippen LogP contribution < -0.4 is 0 Å². The van der Waals surface area contributed by atoms with Gasteiger partial charge < -0.3 is 14.6 Å². The Kier molecular flexibility index (Phi) is 2.97. The molecule has 0 aliphatic rings.